The lowest BCUT2D eigenvalue weighted by Crippen LogP contribution is -2.27. The molecule has 22 heavy (non-hydrogen) atoms. The summed E-state index contributed by atoms with van der Waals surface area (Å²) in [7, 11) is 3.67. The van der Waals surface area contributed by atoms with E-state index >= 15 is 0 Å². The minimum Gasteiger partial charge on any atom is -0.379 e. The first-order valence-electron chi connectivity index (χ1n) is 7.69. The first-order chi connectivity index (χ1) is 10.6. The lowest BCUT2D eigenvalue weighted by molar-refractivity contribution is 0.0959. The van der Waals surface area contributed by atoms with Gasteiger partial charge in [0.05, 0.1) is 24.0 Å². The Kier molecular flexibility index (Phi) is 4.26. The van der Waals surface area contributed by atoms with Crippen LogP contribution in [0.4, 0.5) is 0 Å². The van der Waals surface area contributed by atoms with E-state index in [1.165, 1.54) is 5.69 Å². The fourth-order valence-electron chi connectivity index (χ4n) is 3.23. The molecule has 2 atom stereocenters. The molecule has 0 aromatic carbocycles. The van der Waals surface area contributed by atoms with Crippen molar-refractivity contribution in [1.29, 1.82) is 0 Å². The predicted molar refractivity (Wildman–Crippen MR) is 82.7 cm³/mol. The van der Waals surface area contributed by atoms with Crippen molar-refractivity contribution in [1.82, 2.24) is 29.7 Å². The van der Waals surface area contributed by atoms with Crippen LogP contribution in [0, 0.1) is 13.8 Å². The van der Waals surface area contributed by atoms with Crippen molar-refractivity contribution >= 4 is 0 Å². The first kappa shape index (κ1) is 15.2. The molecule has 3 rings (SSSR count). The van der Waals surface area contributed by atoms with Gasteiger partial charge in [0.1, 0.15) is 0 Å². The molecule has 0 N–H and O–H groups in total. The Morgan fingerprint density at radius 2 is 2.09 bits per heavy atom. The molecule has 7 heteroatoms. The highest BCUT2D eigenvalue weighted by Crippen LogP contribution is 2.27. The Morgan fingerprint density at radius 3 is 2.68 bits per heavy atom. The Bertz CT molecular complexity index is 634. The summed E-state index contributed by atoms with van der Waals surface area (Å²) in [6.07, 6.45) is 2.17. The second-order valence-corrected chi connectivity index (χ2v) is 6.11. The fourth-order valence-corrected chi connectivity index (χ4v) is 3.23. The van der Waals surface area contributed by atoms with Crippen molar-refractivity contribution in [3.63, 3.8) is 0 Å². The van der Waals surface area contributed by atoms with E-state index in [1.807, 2.05) is 20.2 Å². The molecule has 1 aliphatic rings. The molecule has 2 aromatic heterocycles. The number of methoxy groups -OCH3 is 1. The van der Waals surface area contributed by atoms with E-state index in [2.05, 4.69) is 38.0 Å². The molecular weight excluding hydrogens is 280 g/mol. The summed E-state index contributed by atoms with van der Waals surface area (Å²) in [5.41, 5.74) is 3.31. The SMILES string of the molecule is CO[C@@H]1CN(CCn2nc(C)cc2C)C[C@H]1c1cn(C)nn1. The van der Waals surface area contributed by atoms with E-state index in [0.717, 1.165) is 37.6 Å². The number of aryl methyl sites for hydroxylation is 3. The average molecular weight is 304 g/mol. The van der Waals surface area contributed by atoms with E-state index in [4.69, 9.17) is 4.74 Å². The van der Waals surface area contributed by atoms with Crippen molar-refractivity contribution in [3.05, 3.63) is 29.3 Å². The number of nitrogens with zero attached hydrogens (tertiary/aromatic N) is 6. The first-order valence-corrected chi connectivity index (χ1v) is 7.69. The molecule has 0 unspecified atom stereocenters. The summed E-state index contributed by atoms with van der Waals surface area (Å²) < 4.78 is 9.48. The van der Waals surface area contributed by atoms with Crippen molar-refractivity contribution in [2.24, 2.45) is 7.05 Å². The molecule has 120 valence electrons. The largest absolute Gasteiger partial charge is 0.379 e. The third-order valence-electron chi connectivity index (χ3n) is 4.38. The maximum atomic E-state index is 5.66. The molecule has 3 heterocycles. The molecule has 1 saturated heterocycles. The van der Waals surface area contributed by atoms with Gasteiger partial charge in [-0.2, -0.15) is 5.10 Å². The van der Waals surface area contributed by atoms with Gasteiger partial charge in [-0.1, -0.05) is 5.21 Å². The van der Waals surface area contributed by atoms with Gasteiger partial charge in [0, 0.05) is 51.6 Å². The van der Waals surface area contributed by atoms with Gasteiger partial charge in [-0.25, -0.2) is 0 Å². The Balaban J connectivity index is 1.63. The third-order valence-corrected chi connectivity index (χ3v) is 4.38. The zero-order chi connectivity index (χ0) is 15.7. The smallest absolute Gasteiger partial charge is 0.0897 e. The highest BCUT2D eigenvalue weighted by Gasteiger charge is 2.35. The number of hydrogen-bond acceptors (Lipinski definition) is 5. The van der Waals surface area contributed by atoms with E-state index in [9.17, 15) is 0 Å². The van der Waals surface area contributed by atoms with E-state index in [-0.39, 0.29) is 6.10 Å². The highest BCUT2D eigenvalue weighted by atomic mass is 16.5. The highest BCUT2D eigenvalue weighted by molar-refractivity contribution is 5.10. The number of likely N-dealkylation sites (tertiary alicyclic amines) is 1. The van der Waals surface area contributed by atoms with Crippen LogP contribution in [0.3, 0.4) is 0 Å². The molecule has 0 saturated carbocycles. The topological polar surface area (TPSA) is 61.0 Å². The van der Waals surface area contributed by atoms with E-state index < -0.39 is 0 Å². The second kappa shape index (κ2) is 6.18. The van der Waals surface area contributed by atoms with Crippen molar-refractivity contribution < 1.29 is 4.74 Å². The standard InChI is InChI=1S/C15H24N6O/c1-11-7-12(2)21(17-11)6-5-20-8-13(15(10-20)22-4)14-9-19(3)18-16-14/h7,9,13,15H,5-6,8,10H2,1-4H3/t13-,15+/m0/s1. The van der Waals surface area contributed by atoms with Gasteiger partial charge in [-0.15, -0.1) is 5.10 Å². The quantitative estimate of drug-likeness (QED) is 0.815. The normalized spacial score (nSPS) is 22.5. The molecule has 1 aliphatic heterocycles. The molecule has 7 nitrogen and oxygen atoms in total. The summed E-state index contributed by atoms with van der Waals surface area (Å²) in [4.78, 5) is 2.42. The van der Waals surface area contributed by atoms with Crippen LogP contribution in [0.2, 0.25) is 0 Å². The molecule has 0 spiro atoms. The molecule has 2 aromatic rings. The summed E-state index contributed by atoms with van der Waals surface area (Å²) in [6.45, 7) is 7.89. The van der Waals surface area contributed by atoms with Crippen LogP contribution in [0.5, 0.6) is 0 Å². The molecule has 0 amide bonds. The van der Waals surface area contributed by atoms with Gasteiger partial charge in [0.2, 0.25) is 0 Å². The van der Waals surface area contributed by atoms with Gasteiger partial charge >= 0.3 is 0 Å². The minimum atomic E-state index is 0.178. The number of rotatable bonds is 5. The van der Waals surface area contributed by atoms with Gasteiger partial charge < -0.3 is 4.74 Å². The summed E-state index contributed by atoms with van der Waals surface area (Å²) >= 11 is 0. The Morgan fingerprint density at radius 1 is 1.27 bits per heavy atom. The van der Waals surface area contributed by atoms with Crippen molar-refractivity contribution in [3.8, 4) is 0 Å². The van der Waals surface area contributed by atoms with Gasteiger partial charge in [0.15, 0.2) is 0 Å². The molecule has 0 aliphatic carbocycles. The van der Waals surface area contributed by atoms with Crippen LogP contribution in [0.15, 0.2) is 12.3 Å². The molecule has 0 bridgehead atoms. The minimum absolute atomic E-state index is 0.178. The van der Waals surface area contributed by atoms with Crippen LogP contribution >= 0.6 is 0 Å². The number of aromatic nitrogens is 5. The zero-order valence-corrected chi connectivity index (χ0v) is 13.7. The number of ether oxygens (including phenoxy) is 1. The Hall–Kier alpha value is -1.73. The van der Waals surface area contributed by atoms with Crippen LogP contribution in [0.25, 0.3) is 0 Å². The summed E-state index contributed by atoms with van der Waals surface area (Å²) in [5.74, 6) is 0.291. The summed E-state index contributed by atoms with van der Waals surface area (Å²) in [5, 5.41) is 12.8. The molecule has 0 radical (unpaired) electrons. The monoisotopic (exact) mass is 304 g/mol. The van der Waals surface area contributed by atoms with Crippen LogP contribution in [-0.4, -0.2) is 62.5 Å². The summed E-state index contributed by atoms with van der Waals surface area (Å²) in [6, 6.07) is 2.12. The van der Waals surface area contributed by atoms with Crippen LogP contribution in [0.1, 0.15) is 23.0 Å². The lowest BCUT2D eigenvalue weighted by Gasteiger charge is -2.15. The van der Waals surface area contributed by atoms with Crippen molar-refractivity contribution in [2.75, 3.05) is 26.7 Å². The maximum Gasteiger partial charge on any atom is 0.0897 e. The van der Waals surface area contributed by atoms with Crippen molar-refractivity contribution in [2.45, 2.75) is 32.4 Å². The third kappa shape index (κ3) is 3.05. The van der Waals surface area contributed by atoms with Gasteiger partial charge in [-0.05, 0) is 19.9 Å². The zero-order valence-electron chi connectivity index (χ0n) is 13.7. The Labute approximate surface area is 130 Å². The fraction of sp³-hybridized carbons (Fsp3) is 0.667. The van der Waals surface area contributed by atoms with Gasteiger partial charge in [0.25, 0.3) is 0 Å². The van der Waals surface area contributed by atoms with E-state index in [0.29, 0.717) is 5.92 Å². The average Bonchev–Trinajstić information content (AvgIpc) is 3.15. The van der Waals surface area contributed by atoms with Crippen LogP contribution in [-0.2, 0) is 18.3 Å². The lowest BCUT2D eigenvalue weighted by atomic mass is 10.0. The second-order valence-electron chi connectivity index (χ2n) is 6.11. The molecular formula is C15H24N6O. The predicted octanol–water partition coefficient (Wildman–Crippen LogP) is 0.743. The van der Waals surface area contributed by atoms with Gasteiger partial charge in [-0.3, -0.25) is 14.3 Å². The molecule has 1 fully saturated rings. The van der Waals surface area contributed by atoms with Crippen LogP contribution < -0.4 is 0 Å². The maximum absolute atomic E-state index is 5.66. The number of hydrogen-bond donors (Lipinski definition) is 0. The van der Waals surface area contributed by atoms with E-state index in [1.54, 1.807) is 11.8 Å².